The molecule has 0 saturated carbocycles. The van der Waals surface area contributed by atoms with E-state index in [-0.39, 0.29) is 24.4 Å². The van der Waals surface area contributed by atoms with Crippen molar-refractivity contribution < 1.29 is 33.2 Å². The van der Waals surface area contributed by atoms with E-state index in [1.807, 2.05) is 0 Å². The summed E-state index contributed by atoms with van der Waals surface area (Å²) in [5.41, 5.74) is 4.65. The third-order valence-electron chi connectivity index (χ3n) is 8.17. The predicted molar refractivity (Wildman–Crippen MR) is 142 cm³/mol. The molecule has 0 N–H and O–H groups in total. The van der Waals surface area contributed by atoms with Crippen molar-refractivity contribution in [3.63, 3.8) is 0 Å². The van der Waals surface area contributed by atoms with Crippen LogP contribution in [0.3, 0.4) is 0 Å². The molecule has 6 fully saturated rings. The van der Waals surface area contributed by atoms with Gasteiger partial charge < -0.3 is 43.0 Å². The van der Waals surface area contributed by atoms with Crippen LogP contribution in [-0.2, 0) is 33.2 Å². The Hall–Kier alpha value is -2.24. The van der Waals surface area contributed by atoms with Gasteiger partial charge in [0.2, 0.25) is 0 Å². The van der Waals surface area contributed by atoms with Gasteiger partial charge in [0.1, 0.15) is 24.4 Å². The van der Waals surface area contributed by atoms with Crippen molar-refractivity contribution in [3.8, 4) is 0 Å². The van der Waals surface area contributed by atoms with Crippen molar-refractivity contribution in [3.05, 3.63) is 59.7 Å². The predicted octanol–water partition coefficient (Wildman–Crippen LogP) is 2.49. The van der Waals surface area contributed by atoms with Gasteiger partial charge in [0.15, 0.2) is 0 Å². The summed E-state index contributed by atoms with van der Waals surface area (Å²) in [5, 5.41) is 0. The Kier molecular flexibility index (Phi) is 6.48. The summed E-state index contributed by atoms with van der Waals surface area (Å²) in [6.07, 6.45) is 1.19. The molecule has 39 heavy (non-hydrogen) atoms. The molecule has 8 atom stereocenters. The Morgan fingerprint density at radius 1 is 0.513 bits per heavy atom. The summed E-state index contributed by atoms with van der Waals surface area (Å²) in [4.78, 5) is 4.75. The summed E-state index contributed by atoms with van der Waals surface area (Å²) in [6, 6.07) is 17.5. The third-order valence-corrected chi connectivity index (χ3v) is 8.17. The minimum atomic E-state index is -0.143. The van der Waals surface area contributed by atoms with Crippen molar-refractivity contribution in [1.29, 1.82) is 0 Å². The van der Waals surface area contributed by atoms with Crippen LogP contribution in [0.1, 0.15) is 23.3 Å². The van der Waals surface area contributed by atoms with Gasteiger partial charge >= 0.3 is 0 Å². The second kappa shape index (κ2) is 10.3. The highest BCUT2D eigenvalue weighted by molar-refractivity contribution is 5.50. The fourth-order valence-corrected chi connectivity index (χ4v) is 5.38. The van der Waals surface area contributed by atoms with Crippen LogP contribution in [-0.4, -0.2) is 102 Å². The van der Waals surface area contributed by atoms with Crippen LogP contribution in [0, 0.1) is 0 Å². The Labute approximate surface area is 228 Å². The van der Waals surface area contributed by atoms with Gasteiger partial charge in [-0.1, -0.05) is 24.3 Å². The first-order valence-corrected chi connectivity index (χ1v) is 14.3. The molecule has 0 radical (unpaired) electrons. The SMILES string of the molecule is c1cc(N(CC2CO2)CC2CO2)ccc1C(OC(c1ccc(N(CC2CO2)CC2CO2)cc1)C1CO1)C1CO1. The van der Waals surface area contributed by atoms with Gasteiger partial charge in [0.25, 0.3) is 0 Å². The first-order valence-electron chi connectivity index (χ1n) is 14.3. The largest absolute Gasteiger partial charge is 0.371 e. The van der Waals surface area contributed by atoms with E-state index in [0.717, 1.165) is 76.9 Å². The molecule has 8 unspecified atom stereocenters. The van der Waals surface area contributed by atoms with E-state index in [1.54, 1.807) is 0 Å². The van der Waals surface area contributed by atoms with E-state index in [2.05, 4.69) is 58.3 Å². The van der Waals surface area contributed by atoms with Crippen LogP contribution >= 0.6 is 0 Å². The van der Waals surface area contributed by atoms with Gasteiger partial charge in [0, 0.05) is 37.6 Å². The average Bonchev–Trinajstić information content (AvgIpc) is 3.76. The van der Waals surface area contributed by atoms with Crippen molar-refractivity contribution in [2.24, 2.45) is 0 Å². The number of hydrogen-bond acceptors (Lipinski definition) is 9. The van der Waals surface area contributed by atoms with Crippen LogP contribution in [0.2, 0.25) is 0 Å². The lowest BCUT2D eigenvalue weighted by molar-refractivity contribution is -0.0419. The van der Waals surface area contributed by atoms with E-state index >= 15 is 0 Å². The van der Waals surface area contributed by atoms with Crippen molar-refractivity contribution in [2.75, 3.05) is 75.6 Å². The van der Waals surface area contributed by atoms with Gasteiger partial charge in [-0.15, -0.1) is 0 Å². The van der Waals surface area contributed by atoms with Crippen molar-refractivity contribution in [2.45, 2.75) is 48.8 Å². The molecule has 0 bridgehead atoms. The molecule has 2 aromatic rings. The van der Waals surface area contributed by atoms with Crippen LogP contribution in [0.4, 0.5) is 11.4 Å². The van der Waals surface area contributed by atoms with Gasteiger partial charge in [-0.3, -0.25) is 0 Å². The summed E-state index contributed by atoms with van der Waals surface area (Å²) in [6.45, 7) is 8.45. The number of nitrogens with zero attached hydrogens (tertiary/aromatic N) is 2. The van der Waals surface area contributed by atoms with E-state index in [4.69, 9.17) is 33.2 Å². The number of benzene rings is 2. The fraction of sp³-hybridized carbons (Fsp3) is 0.600. The molecule has 0 spiro atoms. The number of epoxide rings is 6. The highest BCUT2D eigenvalue weighted by Gasteiger charge is 2.42. The maximum absolute atomic E-state index is 6.81. The lowest BCUT2D eigenvalue weighted by Crippen LogP contribution is -2.31. The summed E-state index contributed by atoms with van der Waals surface area (Å²) >= 11 is 0. The highest BCUT2D eigenvalue weighted by Crippen LogP contribution is 2.41. The maximum atomic E-state index is 6.81. The number of ether oxygens (including phenoxy) is 7. The van der Waals surface area contributed by atoms with E-state index in [1.165, 1.54) is 11.4 Å². The molecule has 2 aromatic carbocycles. The van der Waals surface area contributed by atoms with Gasteiger partial charge in [-0.25, -0.2) is 0 Å². The average molecular weight is 537 g/mol. The summed E-state index contributed by atoms with van der Waals surface area (Å²) in [7, 11) is 0. The minimum absolute atomic E-state index is 0.0692. The molecule has 208 valence electrons. The van der Waals surface area contributed by atoms with Crippen LogP contribution in [0.25, 0.3) is 0 Å². The zero-order chi connectivity index (χ0) is 25.8. The van der Waals surface area contributed by atoms with Crippen LogP contribution in [0.5, 0.6) is 0 Å². The Morgan fingerprint density at radius 3 is 1.08 bits per heavy atom. The molecule has 6 heterocycles. The molecule has 9 heteroatoms. The first kappa shape index (κ1) is 24.5. The monoisotopic (exact) mass is 536 g/mol. The summed E-state index contributed by atoms with van der Waals surface area (Å²) < 4.78 is 40.3. The first-order chi connectivity index (χ1) is 19.2. The quantitative estimate of drug-likeness (QED) is 0.300. The highest BCUT2D eigenvalue weighted by atomic mass is 16.6. The van der Waals surface area contributed by atoms with Gasteiger partial charge in [-0.05, 0) is 35.4 Å². The maximum Gasteiger partial charge on any atom is 0.112 e. The molecule has 6 saturated heterocycles. The molecule has 0 amide bonds. The normalized spacial score (nSPS) is 32.7. The molecular formula is C30H36N2O7. The van der Waals surface area contributed by atoms with E-state index in [9.17, 15) is 0 Å². The molecule has 6 aliphatic rings. The number of rotatable bonds is 16. The molecule has 8 rings (SSSR count). The van der Waals surface area contributed by atoms with Gasteiger partial charge in [0.05, 0.1) is 64.1 Å². The zero-order valence-corrected chi connectivity index (χ0v) is 22.1. The van der Waals surface area contributed by atoms with Gasteiger partial charge in [-0.2, -0.15) is 0 Å². The lowest BCUT2D eigenvalue weighted by Gasteiger charge is -2.27. The smallest absolute Gasteiger partial charge is 0.112 e. The Bertz CT molecular complexity index is 1010. The third kappa shape index (κ3) is 6.41. The molecule has 0 aromatic heterocycles. The van der Waals surface area contributed by atoms with E-state index in [0.29, 0.717) is 24.4 Å². The lowest BCUT2D eigenvalue weighted by atomic mass is 10.0. The molecule has 9 nitrogen and oxygen atoms in total. The van der Waals surface area contributed by atoms with Crippen LogP contribution < -0.4 is 9.80 Å². The van der Waals surface area contributed by atoms with Crippen molar-refractivity contribution in [1.82, 2.24) is 0 Å². The topological polar surface area (TPSA) is 90.9 Å². The molecular weight excluding hydrogens is 500 g/mol. The second-order valence-electron chi connectivity index (χ2n) is 11.5. The standard InChI is InChI=1S/C30H36N2O7/c1-5-21(31(9-23-13-33-23)10-24-14-34-24)6-2-19(1)29(27-17-37-27)39-30(28-18-38-28)20-3-7-22(8-4-20)32(11-25-15-35-25)12-26-16-36-26/h1-8,23-30H,9-18H2. The van der Waals surface area contributed by atoms with Crippen LogP contribution in [0.15, 0.2) is 48.5 Å². The molecule has 6 aliphatic heterocycles. The van der Waals surface area contributed by atoms with E-state index < -0.39 is 0 Å². The molecule has 0 aliphatic carbocycles. The minimum Gasteiger partial charge on any atom is -0.371 e. The van der Waals surface area contributed by atoms with Crippen molar-refractivity contribution >= 4 is 11.4 Å². The Balaban J connectivity index is 0.975. The fourth-order valence-electron chi connectivity index (χ4n) is 5.38. The Morgan fingerprint density at radius 2 is 0.821 bits per heavy atom. The summed E-state index contributed by atoms with van der Waals surface area (Å²) in [5.74, 6) is 0. The number of anilines is 2. The zero-order valence-electron chi connectivity index (χ0n) is 22.1. The second-order valence-corrected chi connectivity index (χ2v) is 11.5. The number of hydrogen-bond donors (Lipinski definition) is 0.